The lowest BCUT2D eigenvalue weighted by Crippen LogP contribution is -2.58. The highest BCUT2D eigenvalue weighted by Crippen LogP contribution is 2.38. The molecule has 0 saturated carbocycles. The first-order valence-corrected chi connectivity index (χ1v) is 8.38. The van der Waals surface area contributed by atoms with Crippen molar-refractivity contribution in [1.29, 1.82) is 0 Å². The van der Waals surface area contributed by atoms with E-state index in [1.54, 1.807) is 12.0 Å². The molecule has 2 aliphatic heterocycles. The number of ether oxygens (including phenoxy) is 1. The van der Waals surface area contributed by atoms with Crippen molar-refractivity contribution in [2.45, 2.75) is 51.2 Å². The van der Waals surface area contributed by atoms with Crippen LogP contribution >= 0.6 is 0 Å². The van der Waals surface area contributed by atoms with Gasteiger partial charge in [-0.25, -0.2) is 4.79 Å². The molecule has 0 radical (unpaired) electrons. The zero-order valence-corrected chi connectivity index (χ0v) is 14.6. The molecule has 2 heterocycles. The number of methoxy groups -OCH3 is 1. The third-order valence-electron chi connectivity index (χ3n) is 5.12. The minimum absolute atomic E-state index is 0.0770. The average molecular weight is 327 g/mol. The van der Waals surface area contributed by atoms with E-state index in [-0.39, 0.29) is 30.6 Å². The quantitative estimate of drug-likeness (QED) is 0.720. The summed E-state index contributed by atoms with van der Waals surface area (Å²) >= 11 is 0. The van der Waals surface area contributed by atoms with E-state index >= 15 is 0 Å². The van der Waals surface area contributed by atoms with Crippen molar-refractivity contribution in [1.82, 2.24) is 14.7 Å². The maximum Gasteiger partial charge on any atom is 0.327 e. The number of hydrogen-bond donors (Lipinski definition) is 1. The number of aliphatic hydroxyl groups excluding tert-OH is 1. The first-order valence-electron chi connectivity index (χ1n) is 8.38. The Balaban J connectivity index is 2.23. The lowest BCUT2D eigenvalue weighted by atomic mass is 9.85. The molecule has 1 spiro atoms. The number of carbonyl (C=O) groups excluding carboxylic acids is 2. The second-order valence-electron chi connectivity index (χ2n) is 6.80. The van der Waals surface area contributed by atoms with Gasteiger partial charge in [0.25, 0.3) is 5.91 Å². The third kappa shape index (κ3) is 3.09. The molecule has 0 aliphatic carbocycles. The molecule has 0 aromatic carbocycles. The zero-order chi connectivity index (χ0) is 17.2. The van der Waals surface area contributed by atoms with E-state index in [4.69, 9.17) is 4.74 Å². The SMILES string of the molecule is COCCN1C(=O)N(C(C)C)C(=O)C12CCN(C(C)CO)CC2. The van der Waals surface area contributed by atoms with Crippen molar-refractivity contribution in [2.75, 3.05) is 40.0 Å². The van der Waals surface area contributed by atoms with Crippen molar-refractivity contribution >= 4 is 11.9 Å². The Kier molecular flexibility index (Phi) is 5.65. The van der Waals surface area contributed by atoms with Crippen molar-refractivity contribution in [3.63, 3.8) is 0 Å². The summed E-state index contributed by atoms with van der Waals surface area (Å²) in [4.78, 5) is 31.0. The van der Waals surface area contributed by atoms with Crippen molar-refractivity contribution in [3.8, 4) is 0 Å². The first-order chi connectivity index (χ1) is 10.9. The number of urea groups is 1. The van der Waals surface area contributed by atoms with Gasteiger partial charge < -0.3 is 14.7 Å². The highest BCUT2D eigenvalue weighted by molar-refractivity contribution is 6.07. The second kappa shape index (κ2) is 7.15. The summed E-state index contributed by atoms with van der Waals surface area (Å²) in [6.45, 7) is 8.07. The lowest BCUT2D eigenvalue weighted by molar-refractivity contribution is -0.137. The van der Waals surface area contributed by atoms with E-state index in [0.717, 1.165) is 0 Å². The van der Waals surface area contributed by atoms with Gasteiger partial charge in [0.05, 0.1) is 13.2 Å². The van der Waals surface area contributed by atoms with Crippen LogP contribution in [0.15, 0.2) is 0 Å². The van der Waals surface area contributed by atoms with Gasteiger partial charge in [-0.15, -0.1) is 0 Å². The zero-order valence-electron chi connectivity index (χ0n) is 14.6. The summed E-state index contributed by atoms with van der Waals surface area (Å²) in [5.41, 5.74) is -0.744. The molecular formula is C16H29N3O4. The smallest absolute Gasteiger partial charge is 0.327 e. The van der Waals surface area contributed by atoms with E-state index < -0.39 is 5.54 Å². The molecule has 0 bridgehead atoms. The van der Waals surface area contributed by atoms with Crippen LogP contribution in [0.4, 0.5) is 4.79 Å². The van der Waals surface area contributed by atoms with E-state index in [2.05, 4.69) is 4.90 Å². The van der Waals surface area contributed by atoms with Crippen molar-refractivity contribution < 1.29 is 19.4 Å². The number of rotatable bonds is 6. The minimum atomic E-state index is -0.744. The van der Waals surface area contributed by atoms with Crippen molar-refractivity contribution in [3.05, 3.63) is 0 Å². The van der Waals surface area contributed by atoms with Gasteiger partial charge in [-0.05, 0) is 33.6 Å². The molecule has 132 valence electrons. The number of nitrogens with zero attached hydrogens (tertiary/aromatic N) is 3. The van der Waals surface area contributed by atoms with Crippen LogP contribution in [0.5, 0.6) is 0 Å². The number of piperidine rings is 1. The highest BCUT2D eigenvalue weighted by atomic mass is 16.5. The predicted molar refractivity (Wildman–Crippen MR) is 86.0 cm³/mol. The second-order valence-corrected chi connectivity index (χ2v) is 6.80. The van der Waals surface area contributed by atoms with Crippen LogP contribution in [0.25, 0.3) is 0 Å². The lowest BCUT2D eigenvalue weighted by Gasteiger charge is -2.43. The number of aliphatic hydroxyl groups is 1. The molecule has 2 saturated heterocycles. The standard InChI is InChI=1S/C16H29N3O4/c1-12(2)19-14(21)16(18(15(19)22)9-10-23-4)5-7-17(8-6-16)13(3)11-20/h12-13,20H,5-11H2,1-4H3. The van der Waals surface area contributed by atoms with Gasteiger partial charge in [0, 0.05) is 38.8 Å². The number of likely N-dealkylation sites (tertiary alicyclic amines) is 1. The van der Waals surface area contributed by atoms with Crippen LogP contribution in [0.3, 0.4) is 0 Å². The van der Waals surface area contributed by atoms with Gasteiger partial charge in [0.2, 0.25) is 0 Å². The maximum atomic E-state index is 13.0. The summed E-state index contributed by atoms with van der Waals surface area (Å²) < 4.78 is 5.13. The topological polar surface area (TPSA) is 73.3 Å². The number of amides is 3. The van der Waals surface area contributed by atoms with Crippen molar-refractivity contribution in [2.24, 2.45) is 0 Å². The summed E-state index contributed by atoms with van der Waals surface area (Å²) in [5, 5.41) is 9.32. The Bertz CT molecular complexity index is 447. The Morgan fingerprint density at radius 1 is 1.22 bits per heavy atom. The fourth-order valence-corrected chi connectivity index (χ4v) is 3.62. The Hall–Kier alpha value is -1.18. The summed E-state index contributed by atoms with van der Waals surface area (Å²) in [5.74, 6) is -0.0788. The van der Waals surface area contributed by atoms with E-state index in [9.17, 15) is 14.7 Å². The Morgan fingerprint density at radius 3 is 2.30 bits per heavy atom. The van der Waals surface area contributed by atoms with Gasteiger partial charge in [-0.1, -0.05) is 0 Å². The molecule has 7 nitrogen and oxygen atoms in total. The van der Waals surface area contributed by atoms with Crippen LogP contribution in [-0.4, -0.2) is 89.3 Å². The number of hydrogen-bond acceptors (Lipinski definition) is 5. The fourth-order valence-electron chi connectivity index (χ4n) is 3.62. The number of carbonyl (C=O) groups is 2. The Labute approximate surface area is 138 Å². The molecule has 2 fully saturated rings. The molecule has 0 aromatic rings. The van der Waals surface area contributed by atoms with Crippen LogP contribution in [-0.2, 0) is 9.53 Å². The first kappa shape index (κ1) is 18.2. The average Bonchev–Trinajstić information content (AvgIpc) is 2.73. The summed E-state index contributed by atoms with van der Waals surface area (Å²) in [7, 11) is 1.60. The Morgan fingerprint density at radius 2 is 1.83 bits per heavy atom. The van der Waals surface area contributed by atoms with Crippen LogP contribution < -0.4 is 0 Å². The maximum absolute atomic E-state index is 13.0. The molecule has 23 heavy (non-hydrogen) atoms. The predicted octanol–water partition coefficient (Wildman–Crippen LogP) is 0.521. The summed E-state index contributed by atoms with van der Waals surface area (Å²) in [6.07, 6.45) is 1.21. The highest BCUT2D eigenvalue weighted by Gasteiger charge is 2.58. The molecule has 2 aliphatic rings. The molecule has 1 N–H and O–H groups in total. The van der Waals surface area contributed by atoms with E-state index in [0.29, 0.717) is 39.1 Å². The fraction of sp³-hybridized carbons (Fsp3) is 0.875. The van der Waals surface area contributed by atoms with Gasteiger partial charge >= 0.3 is 6.03 Å². The molecular weight excluding hydrogens is 298 g/mol. The molecule has 0 aromatic heterocycles. The van der Waals surface area contributed by atoms with Crippen LogP contribution in [0.1, 0.15) is 33.6 Å². The van der Waals surface area contributed by atoms with Gasteiger partial charge in [-0.3, -0.25) is 14.6 Å². The van der Waals surface area contributed by atoms with E-state index in [1.165, 1.54) is 4.90 Å². The molecule has 7 heteroatoms. The third-order valence-corrected chi connectivity index (χ3v) is 5.12. The largest absolute Gasteiger partial charge is 0.395 e. The van der Waals surface area contributed by atoms with Gasteiger partial charge in [0.15, 0.2) is 0 Å². The van der Waals surface area contributed by atoms with Crippen LogP contribution in [0.2, 0.25) is 0 Å². The monoisotopic (exact) mass is 327 g/mol. The van der Waals surface area contributed by atoms with Gasteiger partial charge in [0.1, 0.15) is 5.54 Å². The summed E-state index contributed by atoms with van der Waals surface area (Å²) in [6, 6.07) is -0.271. The minimum Gasteiger partial charge on any atom is -0.395 e. The van der Waals surface area contributed by atoms with Crippen LogP contribution in [0, 0.1) is 0 Å². The van der Waals surface area contributed by atoms with E-state index in [1.807, 2.05) is 20.8 Å². The molecule has 1 unspecified atom stereocenters. The molecule has 3 amide bonds. The van der Waals surface area contributed by atoms with Gasteiger partial charge in [-0.2, -0.15) is 0 Å². The molecule has 1 atom stereocenters. The molecule has 2 rings (SSSR count). The number of imide groups is 1. The normalized spacial score (nSPS) is 23.4.